The van der Waals surface area contributed by atoms with E-state index in [0.29, 0.717) is 28.9 Å². The molecular formula is C23H29ClN2O4S. The molecule has 0 fully saturated rings. The fourth-order valence-corrected chi connectivity index (χ4v) is 5.20. The molecule has 0 aromatic heterocycles. The molecular weight excluding hydrogens is 436 g/mol. The number of nitrogens with zero attached hydrogens (tertiary/aromatic N) is 1. The molecule has 0 saturated carbocycles. The Morgan fingerprint density at radius 3 is 2.58 bits per heavy atom. The summed E-state index contributed by atoms with van der Waals surface area (Å²) < 4.78 is 33.8. The smallest absolute Gasteiger partial charge is 0.264 e. The standard InChI is InChI=1S/C23H29ClN2O4S/c1-3-5-8-17(4-2)15-25-23(27)22-16-26(20-9-6-7-10-21(20)30-22)31(28,29)19-13-11-18(24)12-14-19/h6-7,9-14,17,22H,3-5,8,15-16H2,1-2H3,(H,25,27)/t17-,22+/m1/s1. The minimum absolute atomic E-state index is 0.0977. The minimum atomic E-state index is -3.89. The number of nitrogens with one attached hydrogen (secondary N) is 1. The van der Waals surface area contributed by atoms with E-state index in [1.165, 1.54) is 28.6 Å². The molecule has 0 saturated heterocycles. The van der Waals surface area contributed by atoms with E-state index in [2.05, 4.69) is 19.2 Å². The molecule has 1 aliphatic rings. The fourth-order valence-electron chi connectivity index (χ4n) is 3.60. The van der Waals surface area contributed by atoms with Gasteiger partial charge in [0.05, 0.1) is 17.1 Å². The van der Waals surface area contributed by atoms with Crippen LogP contribution >= 0.6 is 11.6 Å². The number of rotatable bonds is 9. The van der Waals surface area contributed by atoms with Crippen LogP contribution in [0.1, 0.15) is 39.5 Å². The third kappa shape index (κ3) is 5.52. The summed E-state index contributed by atoms with van der Waals surface area (Å²) in [6.07, 6.45) is 3.34. The molecule has 3 rings (SSSR count). The van der Waals surface area contributed by atoms with Gasteiger partial charge in [-0.2, -0.15) is 0 Å². The predicted octanol–water partition coefficient (Wildman–Crippen LogP) is 4.63. The Kier molecular flexibility index (Phi) is 7.84. The zero-order valence-corrected chi connectivity index (χ0v) is 19.5. The number of para-hydroxylation sites is 2. The van der Waals surface area contributed by atoms with Crippen molar-refractivity contribution in [3.05, 3.63) is 53.6 Å². The SMILES string of the molecule is CCCC[C@@H](CC)CNC(=O)[C@@H]1CN(S(=O)(=O)c2ccc(Cl)cc2)c2ccccc2O1. The van der Waals surface area contributed by atoms with E-state index in [1.54, 1.807) is 24.3 Å². The van der Waals surface area contributed by atoms with E-state index in [0.717, 1.165) is 25.7 Å². The zero-order valence-electron chi connectivity index (χ0n) is 17.9. The summed E-state index contributed by atoms with van der Waals surface area (Å²) in [6, 6.07) is 12.8. The van der Waals surface area contributed by atoms with E-state index in [9.17, 15) is 13.2 Å². The van der Waals surface area contributed by atoms with Crippen LogP contribution in [0.5, 0.6) is 5.75 Å². The van der Waals surface area contributed by atoms with E-state index in [-0.39, 0.29) is 17.3 Å². The third-order valence-corrected chi connectivity index (χ3v) is 7.58. The normalized spacial score (nSPS) is 16.9. The second-order valence-corrected chi connectivity index (χ2v) is 10.0. The molecule has 168 valence electrons. The summed E-state index contributed by atoms with van der Waals surface area (Å²) >= 11 is 5.92. The predicted molar refractivity (Wildman–Crippen MR) is 123 cm³/mol. The summed E-state index contributed by atoms with van der Waals surface area (Å²) in [6.45, 7) is 4.72. The molecule has 2 aromatic carbocycles. The van der Waals surface area contributed by atoms with Gasteiger partial charge < -0.3 is 10.1 Å². The molecule has 1 heterocycles. The number of hydrogen-bond donors (Lipinski definition) is 1. The van der Waals surface area contributed by atoms with Crippen molar-refractivity contribution in [2.24, 2.45) is 5.92 Å². The lowest BCUT2D eigenvalue weighted by Gasteiger charge is -2.35. The first kappa shape index (κ1) is 23.4. The van der Waals surface area contributed by atoms with Crippen molar-refractivity contribution in [3.63, 3.8) is 0 Å². The second kappa shape index (κ2) is 10.4. The number of halogens is 1. The van der Waals surface area contributed by atoms with Crippen LogP contribution in [-0.4, -0.2) is 33.5 Å². The molecule has 2 aromatic rings. The van der Waals surface area contributed by atoms with Crippen molar-refractivity contribution in [2.75, 3.05) is 17.4 Å². The van der Waals surface area contributed by atoms with Crippen LogP contribution in [0.4, 0.5) is 5.69 Å². The van der Waals surface area contributed by atoms with Crippen molar-refractivity contribution >= 4 is 33.2 Å². The molecule has 1 amide bonds. The van der Waals surface area contributed by atoms with Crippen molar-refractivity contribution in [3.8, 4) is 5.75 Å². The average molecular weight is 465 g/mol. The first-order valence-corrected chi connectivity index (χ1v) is 12.5. The number of fused-ring (bicyclic) bond motifs is 1. The van der Waals surface area contributed by atoms with Gasteiger partial charge in [0.25, 0.3) is 15.9 Å². The highest BCUT2D eigenvalue weighted by Gasteiger charge is 2.37. The highest BCUT2D eigenvalue weighted by molar-refractivity contribution is 7.92. The number of ether oxygens (including phenoxy) is 1. The number of unbranched alkanes of at least 4 members (excludes halogenated alkanes) is 1. The van der Waals surface area contributed by atoms with Gasteiger partial charge in [0.2, 0.25) is 0 Å². The fraction of sp³-hybridized carbons (Fsp3) is 0.435. The van der Waals surface area contributed by atoms with Crippen molar-refractivity contribution in [1.29, 1.82) is 0 Å². The second-order valence-electron chi connectivity index (χ2n) is 7.73. The first-order chi connectivity index (χ1) is 14.9. The number of amides is 1. The highest BCUT2D eigenvalue weighted by atomic mass is 35.5. The van der Waals surface area contributed by atoms with Crippen molar-refractivity contribution in [2.45, 2.75) is 50.5 Å². The number of carbonyl (C=O) groups is 1. The molecule has 2 atom stereocenters. The summed E-state index contributed by atoms with van der Waals surface area (Å²) in [4.78, 5) is 13.0. The molecule has 0 unspecified atom stereocenters. The summed E-state index contributed by atoms with van der Waals surface area (Å²) in [5.41, 5.74) is 0.413. The maximum atomic E-state index is 13.4. The number of benzene rings is 2. The minimum Gasteiger partial charge on any atom is -0.476 e. The van der Waals surface area contributed by atoms with Crippen LogP contribution in [0.25, 0.3) is 0 Å². The molecule has 0 bridgehead atoms. The molecule has 0 spiro atoms. The molecule has 8 heteroatoms. The Morgan fingerprint density at radius 1 is 1.19 bits per heavy atom. The van der Waals surface area contributed by atoms with Crippen LogP contribution in [0.15, 0.2) is 53.4 Å². The lowest BCUT2D eigenvalue weighted by Crippen LogP contribution is -2.51. The summed E-state index contributed by atoms with van der Waals surface area (Å²) in [7, 11) is -3.89. The van der Waals surface area contributed by atoms with Crippen LogP contribution in [-0.2, 0) is 14.8 Å². The van der Waals surface area contributed by atoms with Gasteiger partial charge in [-0.15, -0.1) is 0 Å². The third-order valence-electron chi connectivity index (χ3n) is 5.54. The molecule has 31 heavy (non-hydrogen) atoms. The van der Waals surface area contributed by atoms with E-state index in [4.69, 9.17) is 16.3 Å². The topological polar surface area (TPSA) is 75.7 Å². The van der Waals surface area contributed by atoms with Gasteiger partial charge >= 0.3 is 0 Å². The van der Waals surface area contributed by atoms with Crippen LogP contribution in [0, 0.1) is 5.92 Å². The molecule has 1 N–H and O–H groups in total. The van der Waals surface area contributed by atoms with Crippen LogP contribution in [0.2, 0.25) is 5.02 Å². The molecule has 1 aliphatic heterocycles. The highest BCUT2D eigenvalue weighted by Crippen LogP contribution is 2.37. The zero-order chi connectivity index (χ0) is 22.4. The Bertz CT molecular complexity index is 995. The summed E-state index contributed by atoms with van der Waals surface area (Å²) in [5, 5.41) is 3.41. The Balaban J connectivity index is 1.81. The number of sulfonamides is 1. The van der Waals surface area contributed by atoms with Gasteiger partial charge in [-0.3, -0.25) is 9.10 Å². The Labute approximate surface area is 189 Å². The molecule has 6 nitrogen and oxygen atoms in total. The lowest BCUT2D eigenvalue weighted by atomic mass is 9.99. The van der Waals surface area contributed by atoms with Gasteiger partial charge in [0.15, 0.2) is 6.10 Å². The van der Waals surface area contributed by atoms with Gasteiger partial charge in [-0.1, -0.05) is 56.8 Å². The average Bonchev–Trinajstić information content (AvgIpc) is 2.78. The quantitative estimate of drug-likeness (QED) is 0.587. The lowest BCUT2D eigenvalue weighted by molar-refractivity contribution is -0.127. The van der Waals surface area contributed by atoms with Crippen LogP contribution in [0.3, 0.4) is 0 Å². The van der Waals surface area contributed by atoms with Gasteiger partial charge in [-0.05, 0) is 48.7 Å². The van der Waals surface area contributed by atoms with Gasteiger partial charge in [0.1, 0.15) is 5.75 Å². The summed E-state index contributed by atoms with van der Waals surface area (Å²) in [5.74, 6) is 0.457. The van der Waals surface area contributed by atoms with Gasteiger partial charge in [-0.25, -0.2) is 8.42 Å². The monoisotopic (exact) mass is 464 g/mol. The number of anilines is 1. The van der Waals surface area contributed by atoms with E-state index >= 15 is 0 Å². The van der Waals surface area contributed by atoms with E-state index in [1.807, 2.05) is 0 Å². The number of hydrogen-bond acceptors (Lipinski definition) is 4. The largest absolute Gasteiger partial charge is 0.476 e. The maximum Gasteiger partial charge on any atom is 0.264 e. The molecule has 0 aliphatic carbocycles. The van der Waals surface area contributed by atoms with Crippen LogP contribution < -0.4 is 14.4 Å². The van der Waals surface area contributed by atoms with Gasteiger partial charge in [0, 0.05) is 11.6 Å². The Hall–Kier alpha value is -2.25. The van der Waals surface area contributed by atoms with Crippen molar-refractivity contribution < 1.29 is 17.9 Å². The molecule has 0 radical (unpaired) electrons. The number of carbonyl (C=O) groups excluding carboxylic acids is 1. The van der Waals surface area contributed by atoms with Crippen molar-refractivity contribution in [1.82, 2.24) is 5.32 Å². The maximum absolute atomic E-state index is 13.4. The first-order valence-electron chi connectivity index (χ1n) is 10.7. The Morgan fingerprint density at radius 2 is 1.90 bits per heavy atom. The van der Waals surface area contributed by atoms with E-state index < -0.39 is 16.1 Å².